The fourth-order valence-corrected chi connectivity index (χ4v) is 8.70. The second kappa shape index (κ2) is 11.4. The first-order chi connectivity index (χ1) is 22.2. The molecule has 15 heteroatoms. The Labute approximate surface area is 269 Å². The number of nitriles is 1. The standard InChI is InChI=1S/C31H36N10O4S/c1-17(30(2)9-6-12-40(30)3)44-28-36-20(13-22(37-28)38-29(43)41-23(15-42)34-16-35-41)25-18-7-4-10-31(26(18)39-45-25)11-5-8-21-24(31)19(14-32)27(33)46-21/h13,16-17,42H,4-12,15,33H2,1-3H3,(H,36,37,38,43)/t17-,30?,31-/m0/s1. The molecule has 1 spiro atoms. The molecule has 2 aliphatic carbocycles. The van der Waals surface area contributed by atoms with E-state index < -0.39 is 18.1 Å². The van der Waals surface area contributed by atoms with Crippen LogP contribution < -0.4 is 15.8 Å². The number of likely N-dealkylation sites (tertiary alicyclic amines) is 1. The number of nitrogens with two attached hydrogens (primary N) is 1. The van der Waals surface area contributed by atoms with Crippen molar-refractivity contribution in [3.05, 3.63) is 45.5 Å². The minimum atomic E-state index is -0.653. The van der Waals surface area contributed by atoms with Crippen LogP contribution in [0.5, 0.6) is 6.01 Å². The zero-order chi connectivity index (χ0) is 32.2. The molecule has 7 rings (SSSR count). The van der Waals surface area contributed by atoms with Crippen LogP contribution in [0.1, 0.15) is 85.5 Å². The number of hydrogen-bond acceptors (Lipinski definition) is 13. The Morgan fingerprint density at radius 3 is 2.83 bits per heavy atom. The van der Waals surface area contributed by atoms with Crippen molar-refractivity contribution in [1.29, 1.82) is 5.26 Å². The van der Waals surface area contributed by atoms with E-state index in [9.17, 15) is 15.2 Å². The number of carbonyl (C=O) groups excluding carboxylic acids is 1. The SMILES string of the molecule is C[C@H](Oc1nc(NC(=O)n2ncnc2CO)cc(-c2onc3c2CCC[C@@]32CCCc3sc(N)c(C#N)c32)n1)C1(C)CCCN1C. The molecular formula is C31H36N10O4S. The molecule has 1 amide bonds. The van der Waals surface area contributed by atoms with Crippen molar-refractivity contribution < 1.29 is 19.2 Å². The van der Waals surface area contributed by atoms with E-state index in [0.717, 1.165) is 77.9 Å². The first kappa shape index (κ1) is 30.3. The number of aryl methyl sites for hydroxylation is 1. The molecule has 5 heterocycles. The third-order valence-electron chi connectivity index (χ3n) is 10.2. The Hall–Kier alpha value is -4.39. The molecule has 4 aromatic rings. The Kier molecular flexibility index (Phi) is 7.53. The van der Waals surface area contributed by atoms with Crippen LogP contribution in [-0.2, 0) is 24.9 Å². The summed E-state index contributed by atoms with van der Waals surface area (Å²) in [5.74, 6) is 0.718. The molecule has 46 heavy (non-hydrogen) atoms. The summed E-state index contributed by atoms with van der Waals surface area (Å²) in [5.41, 5.74) is 9.34. The number of ether oxygens (including phenoxy) is 1. The normalized spacial score (nSPS) is 23.1. The molecule has 14 nitrogen and oxygen atoms in total. The van der Waals surface area contributed by atoms with Gasteiger partial charge in [0.15, 0.2) is 11.6 Å². The third kappa shape index (κ3) is 4.74. The molecule has 1 saturated heterocycles. The quantitative estimate of drug-likeness (QED) is 0.273. The number of amides is 1. The van der Waals surface area contributed by atoms with E-state index in [4.69, 9.17) is 20.0 Å². The van der Waals surface area contributed by atoms with Crippen molar-refractivity contribution in [3.8, 4) is 23.5 Å². The van der Waals surface area contributed by atoms with Gasteiger partial charge < -0.3 is 20.1 Å². The van der Waals surface area contributed by atoms with Crippen molar-refractivity contribution >= 4 is 28.2 Å². The fraction of sp³-hybridized carbons (Fsp3) is 0.516. The number of nitrogen functional groups attached to an aromatic ring is 1. The zero-order valence-corrected chi connectivity index (χ0v) is 26.9. The molecule has 4 N–H and O–H groups in total. The molecule has 1 fully saturated rings. The average Bonchev–Trinajstić information content (AvgIpc) is 3.83. The van der Waals surface area contributed by atoms with E-state index in [-0.39, 0.29) is 29.3 Å². The summed E-state index contributed by atoms with van der Waals surface area (Å²) in [4.78, 5) is 29.8. The Balaban J connectivity index is 1.31. The van der Waals surface area contributed by atoms with Crippen LogP contribution in [-0.4, -0.2) is 71.2 Å². The van der Waals surface area contributed by atoms with Gasteiger partial charge in [-0.1, -0.05) is 5.16 Å². The maximum Gasteiger partial charge on any atom is 0.349 e. The monoisotopic (exact) mass is 644 g/mol. The van der Waals surface area contributed by atoms with Gasteiger partial charge in [-0.2, -0.15) is 25.0 Å². The van der Waals surface area contributed by atoms with Crippen molar-refractivity contribution in [2.75, 3.05) is 24.6 Å². The van der Waals surface area contributed by atoms with Crippen LogP contribution in [0.3, 0.4) is 0 Å². The number of hydrogen-bond donors (Lipinski definition) is 3. The van der Waals surface area contributed by atoms with Gasteiger partial charge in [0, 0.05) is 21.9 Å². The predicted molar refractivity (Wildman–Crippen MR) is 168 cm³/mol. The molecular weight excluding hydrogens is 608 g/mol. The van der Waals surface area contributed by atoms with Crippen molar-refractivity contribution in [3.63, 3.8) is 0 Å². The summed E-state index contributed by atoms with van der Waals surface area (Å²) in [6, 6.07) is 3.41. The number of fused-ring (bicyclic) bond motifs is 4. The lowest BCUT2D eigenvalue weighted by atomic mass is 9.62. The maximum atomic E-state index is 13.2. The second-order valence-corrected chi connectivity index (χ2v) is 13.8. The van der Waals surface area contributed by atoms with Gasteiger partial charge in [-0.25, -0.2) is 9.78 Å². The van der Waals surface area contributed by atoms with Crippen LogP contribution in [0.25, 0.3) is 11.5 Å². The smallest absolute Gasteiger partial charge is 0.349 e. The zero-order valence-electron chi connectivity index (χ0n) is 26.0. The highest BCUT2D eigenvalue weighted by atomic mass is 32.1. The lowest BCUT2D eigenvalue weighted by Crippen LogP contribution is -2.50. The molecule has 1 unspecified atom stereocenters. The molecule has 3 aliphatic rings. The summed E-state index contributed by atoms with van der Waals surface area (Å²) in [5, 5.41) is 31.6. The molecule has 240 valence electrons. The van der Waals surface area contributed by atoms with Crippen molar-refractivity contribution in [1.82, 2.24) is 34.8 Å². The van der Waals surface area contributed by atoms with E-state index in [1.807, 2.05) is 6.92 Å². The number of thiophene rings is 1. The van der Waals surface area contributed by atoms with E-state index in [2.05, 4.69) is 50.5 Å². The number of aliphatic hydroxyl groups excluding tert-OH is 1. The number of aliphatic hydroxyl groups is 1. The van der Waals surface area contributed by atoms with Gasteiger partial charge in [-0.15, -0.1) is 11.3 Å². The van der Waals surface area contributed by atoms with Crippen LogP contribution in [0.4, 0.5) is 15.6 Å². The van der Waals surface area contributed by atoms with E-state index in [0.29, 0.717) is 28.4 Å². The molecule has 0 saturated carbocycles. The molecule has 4 aromatic heterocycles. The summed E-state index contributed by atoms with van der Waals surface area (Å²) in [7, 11) is 2.08. The van der Waals surface area contributed by atoms with Crippen LogP contribution in [0.15, 0.2) is 16.9 Å². The number of nitrogens with zero attached hydrogens (tertiary/aromatic N) is 8. The topological polar surface area (TPSA) is 194 Å². The number of anilines is 2. The van der Waals surface area contributed by atoms with Gasteiger partial charge in [0.05, 0.1) is 16.8 Å². The first-order valence-electron chi connectivity index (χ1n) is 15.6. The van der Waals surface area contributed by atoms with E-state index in [1.54, 1.807) is 6.07 Å². The molecule has 0 bridgehead atoms. The van der Waals surface area contributed by atoms with Crippen LogP contribution in [0, 0.1) is 11.3 Å². The highest BCUT2D eigenvalue weighted by Gasteiger charge is 2.48. The number of rotatable bonds is 6. The highest BCUT2D eigenvalue weighted by Crippen LogP contribution is 2.54. The number of nitrogens with one attached hydrogen (secondary N) is 1. The van der Waals surface area contributed by atoms with Gasteiger partial charge in [-0.3, -0.25) is 10.2 Å². The van der Waals surface area contributed by atoms with Gasteiger partial charge >= 0.3 is 12.0 Å². The van der Waals surface area contributed by atoms with E-state index >= 15 is 0 Å². The predicted octanol–water partition coefficient (Wildman–Crippen LogP) is 4.02. The van der Waals surface area contributed by atoms with Gasteiger partial charge in [0.2, 0.25) is 0 Å². The second-order valence-electron chi connectivity index (χ2n) is 12.6. The molecule has 1 aliphatic heterocycles. The Morgan fingerprint density at radius 1 is 1.28 bits per heavy atom. The van der Waals surface area contributed by atoms with Crippen LogP contribution >= 0.6 is 11.3 Å². The Bertz CT molecular complexity index is 1860. The number of aromatic nitrogens is 6. The van der Waals surface area contributed by atoms with Gasteiger partial charge in [0.25, 0.3) is 0 Å². The summed E-state index contributed by atoms with van der Waals surface area (Å²) >= 11 is 1.50. The van der Waals surface area contributed by atoms with Gasteiger partial charge in [-0.05, 0) is 84.4 Å². The number of carbonyl (C=O) groups is 1. The van der Waals surface area contributed by atoms with Crippen molar-refractivity contribution in [2.24, 2.45) is 0 Å². The van der Waals surface area contributed by atoms with E-state index in [1.165, 1.54) is 17.7 Å². The highest BCUT2D eigenvalue weighted by molar-refractivity contribution is 7.16. The maximum absolute atomic E-state index is 13.2. The third-order valence-corrected chi connectivity index (χ3v) is 11.3. The van der Waals surface area contributed by atoms with Crippen LogP contribution in [0.2, 0.25) is 0 Å². The fourth-order valence-electron chi connectivity index (χ4n) is 7.54. The largest absolute Gasteiger partial charge is 0.458 e. The lowest BCUT2D eigenvalue weighted by Gasteiger charge is -2.39. The molecule has 0 radical (unpaired) electrons. The first-order valence-corrected chi connectivity index (χ1v) is 16.4. The Morgan fingerprint density at radius 2 is 2.09 bits per heavy atom. The summed E-state index contributed by atoms with van der Waals surface area (Å²) < 4.78 is 13.5. The lowest BCUT2D eigenvalue weighted by molar-refractivity contribution is 0.0411. The minimum absolute atomic E-state index is 0.0794. The molecule has 3 atom stereocenters. The molecule has 0 aromatic carbocycles. The number of likely N-dealkylation sites (N-methyl/N-ethyl adjacent to an activating group) is 1. The average molecular weight is 645 g/mol. The minimum Gasteiger partial charge on any atom is -0.458 e. The summed E-state index contributed by atoms with van der Waals surface area (Å²) in [6.45, 7) is 4.67. The van der Waals surface area contributed by atoms with Gasteiger partial charge in [0.1, 0.15) is 41.6 Å². The van der Waals surface area contributed by atoms with Crippen molar-refractivity contribution in [2.45, 2.75) is 88.9 Å². The summed E-state index contributed by atoms with van der Waals surface area (Å²) in [6.07, 6.45) is 8.07.